The summed E-state index contributed by atoms with van der Waals surface area (Å²) in [5.74, 6) is 0.00634. The molecule has 0 saturated carbocycles. The Bertz CT molecular complexity index is 822. The van der Waals surface area contributed by atoms with E-state index in [0.29, 0.717) is 10.6 Å². The van der Waals surface area contributed by atoms with Crippen LogP contribution in [-0.2, 0) is 0 Å². The van der Waals surface area contributed by atoms with Crippen molar-refractivity contribution >= 4 is 50.9 Å². The molecule has 0 amide bonds. The fraction of sp³-hybridized carbons (Fsp3) is 0.0625. The quantitative estimate of drug-likeness (QED) is 0.482. The number of benzene rings is 2. The summed E-state index contributed by atoms with van der Waals surface area (Å²) < 4.78 is 0.904. The molecular formula is C16H11ClINO. The summed E-state index contributed by atoms with van der Waals surface area (Å²) in [4.78, 5) is 16.1. The lowest BCUT2D eigenvalue weighted by Gasteiger charge is -2.05. The van der Waals surface area contributed by atoms with E-state index < -0.39 is 0 Å². The van der Waals surface area contributed by atoms with Gasteiger partial charge in [-0.15, -0.1) is 0 Å². The Labute approximate surface area is 135 Å². The van der Waals surface area contributed by atoms with Gasteiger partial charge < -0.3 is 4.98 Å². The maximum atomic E-state index is 12.8. The maximum absolute atomic E-state index is 12.8. The van der Waals surface area contributed by atoms with E-state index in [-0.39, 0.29) is 5.78 Å². The van der Waals surface area contributed by atoms with E-state index in [0.717, 1.165) is 25.7 Å². The highest BCUT2D eigenvalue weighted by Gasteiger charge is 2.19. The van der Waals surface area contributed by atoms with Crippen molar-refractivity contribution in [3.63, 3.8) is 0 Å². The molecule has 0 aliphatic carbocycles. The number of para-hydroxylation sites is 1. The van der Waals surface area contributed by atoms with Crippen LogP contribution >= 0.6 is 34.2 Å². The zero-order valence-corrected chi connectivity index (χ0v) is 13.6. The third-order valence-electron chi connectivity index (χ3n) is 3.29. The summed E-state index contributed by atoms with van der Waals surface area (Å²) >= 11 is 8.18. The summed E-state index contributed by atoms with van der Waals surface area (Å²) in [5.41, 5.74) is 3.23. The largest absolute Gasteiger partial charge is 0.358 e. The van der Waals surface area contributed by atoms with Crippen molar-refractivity contribution in [1.29, 1.82) is 0 Å². The van der Waals surface area contributed by atoms with Crippen LogP contribution in [0.4, 0.5) is 0 Å². The molecule has 1 heterocycles. The lowest BCUT2D eigenvalue weighted by atomic mass is 10.0. The highest BCUT2D eigenvalue weighted by atomic mass is 127. The number of fused-ring (bicyclic) bond motifs is 1. The first-order valence-electron chi connectivity index (χ1n) is 6.15. The van der Waals surface area contributed by atoms with Crippen molar-refractivity contribution in [2.75, 3.05) is 0 Å². The van der Waals surface area contributed by atoms with Gasteiger partial charge in [0.25, 0.3) is 0 Å². The molecule has 0 spiro atoms. The van der Waals surface area contributed by atoms with Gasteiger partial charge in [0.2, 0.25) is 0 Å². The van der Waals surface area contributed by atoms with E-state index in [2.05, 4.69) is 27.6 Å². The van der Waals surface area contributed by atoms with E-state index >= 15 is 0 Å². The number of halogens is 2. The molecule has 3 rings (SSSR count). The molecule has 2 nitrogen and oxygen atoms in total. The van der Waals surface area contributed by atoms with Crippen molar-refractivity contribution in [1.82, 2.24) is 4.98 Å². The molecule has 3 aromatic rings. The Morgan fingerprint density at radius 2 is 1.95 bits per heavy atom. The molecule has 20 heavy (non-hydrogen) atoms. The lowest BCUT2D eigenvalue weighted by molar-refractivity contribution is 0.103. The minimum atomic E-state index is 0.00634. The van der Waals surface area contributed by atoms with Gasteiger partial charge in [0.05, 0.1) is 5.56 Å². The zero-order chi connectivity index (χ0) is 14.3. The number of aryl methyl sites for hydroxylation is 1. The van der Waals surface area contributed by atoms with Crippen LogP contribution in [0.1, 0.15) is 21.6 Å². The van der Waals surface area contributed by atoms with Crippen molar-refractivity contribution in [2.24, 2.45) is 0 Å². The Balaban J connectivity index is 2.22. The van der Waals surface area contributed by atoms with Crippen molar-refractivity contribution in [3.8, 4) is 0 Å². The average molecular weight is 396 g/mol. The van der Waals surface area contributed by atoms with Gasteiger partial charge in [-0.2, -0.15) is 0 Å². The topological polar surface area (TPSA) is 32.9 Å². The van der Waals surface area contributed by atoms with Crippen molar-refractivity contribution in [2.45, 2.75) is 6.92 Å². The Kier molecular flexibility index (Phi) is 3.56. The molecule has 4 heteroatoms. The SMILES string of the molecule is Cc1[nH]c2ccccc2c1C(=O)c1cc(Cl)ccc1I. The second-order valence-electron chi connectivity index (χ2n) is 4.62. The molecule has 0 unspecified atom stereocenters. The number of nitrogens with one attached hydrogen (secondary N) is 1. The number of carbonyl (C=O) groups is 1. The number of aromatic nitrogens is 1. The van der Waals surface area contributed by atoms with Crippen LogP contribution in [-0.4, -0.2) is 10.8 Å². The van der Waals surface area contributed by atoms with Crippen LogP contribution in [0.2, 0.25) is 5.02 Å². The number of rotatable bonds is 2. The molecule has 1 aromatic heterocycles. The van der Waals surface area contributed by atoms with Gasteiger partial charge in [-0.1, -0.05) is 29.8 Å². The van der Waals surface area contributed by atoms with E-state index in [1.165, 1.54) is 0 Å². The number of ketones is 1. The van der Waals surface area contributed by atoms with Crippen LogP contribution in [0.25, 0.3) is 10.9 Å². The minimum absolute atomic E-state index is 0.00634. The van der Waals surface area contributed by atoms with E-state index in [1.54, 1.807) is 12.1 Å². The van der Waals surface area contributed by atoms with Crippen LogP contribution in [0.3, 0.4) is 0 Å². The average Bonchev–Trinajstić information content (AvgIpc) is 2.76. The highest BCUT2D eigenvalue weighted by molar-refractivity contribution is 14.1. The van der Waals surface area contributed by atoms with Gasteiger partial charge >= 0.3 is 0 Å². The third-order valence-corrected chi connectivity index (χ3v) is 4.47. The monoisotopic (exact) mass is 395 g/mol. The van der Waals surface area contributed by atoms with Gasteiger partial charge in [-0.25, -0.2) is 0 Å². The van der Waals surface area contributed by atoms with Gasteiger partial charge in [0, 0.05) is 30.8 Å². The number of H-pyrrole nitrogens is 1. The van der Waals surface area contributed by atoms with E-state index in [4.69, 9.17) is 11.6 Å². The number of carbonyl (C=O) groups excluding carboxylic acids is 1. The van der Waals surface area contributed by atoms with Gasteiger partial charge in [0.1, 0.15) is 0 Å². The second-order valence-corrected chi connectivity index (χ2v) is 6.22. The fourth-order valence-corrected chi connectivity index (χ4v) is 3.13. The first-order chi connectivity index (χ1) is 9.58. The molecule has 0 saturated heterocycles. The lowest BCUT2D eigenvalue weighted by Crippen LogP contribution is -2.04. The number of hydrogen-bond donors (Lipinski definition) is 1. The number of aromatic amines is 1. The van der Waals surface area contributed by atoms with Gasteiger partial charge in [0.15, 0.2) is 5.78 Å². The van der Waals surface area contributed by atoms with Gasteiger partial charge in [-0.05, 0) is 53.8 Å². The van der Waals surface area contributed by atoms with Crippen LogP contribution in [0.5, 0.6) is 0 Å². The van der Waals surface area contributed by atoms with E-state index in [1.807, 2.05) is 37.3 Å². The Morgan fingerprint density at radius 1 is 1.20 bits per heavy atom. The van der Waals surface area contributed by atoms with Crippen molar-refractivity contribution in [3.05, 3.63) is 67.9 Å². The van der Waals surface area contributed by atoms with Crippen LogP contribution < -0.4 is 0 Å². The molecule has 1 N–H and O–H groups in total. The standard InChI is InChI=1S/C16H11ClINO/c1-9-15(11-4-2-3-5-14(11)19-9)16(20)12-8-10(17)6-7-13(12)18/h2-8,19H,1H3. The zero-order valence-electron chi connectivity index (χ0n) is 10.7. The summed E-state index contributed by atoms with van der Waals surface area (Å²) in [5, 5.41) is 1.53. The van der Waals surface area contributed by atoms with Crippen LogP contribution in [0, 0.1) is 10.5 Å². The summed E-state index contributed by atoms with van der Waals surface area (Å²) in [7, 11) is 0. The molecule has 2 aromatic carbocycles. The Morgan fingerprint density at radius 3 is 2.75 bits per heavy atom. The maximum Gasteiger partial charge on any atom is 0.196 e. The summed E-state index contributed by atoms with van der Waals surface area (Å²) in [6.07, 6.45) is 0. The van der Waals surface area contributed by atoms with Crippen LogP contribution in [0.15, 0.2) is 42.5 Å². The number of hydrogen-bond acceptors (Lipinski definition) is 1. The molecule has 0 radical (unpaired) electrons. The summed E-state index contributed by atoms with van der Waals surface area (Å²) in [6, 6.07) is 13.2. The molecule has 0 fully saturated rings. The molecule has 0 aliphatic heterocycles. The fourth-order valence-electron chi connectivity index (χ4n) is 2.38. The molecular weight excluding hydrogens is 385 g/mol. The minimum Gasteiger partial charge on any atom is -0.358 e. The first kappa shape index (κ1) is 13.6. The predicted octanol–water partition coefficient (Wildman–Crippen LogP) is 4.97. The highest BCUT2D eigenvalue weighted by Crippen LogP contribution is 2.27. The van der Waals surface area contributed by atoms with E-state index in [9.17, 15) is 4.79 Å². The normalized spacial score (nSPS) is 10.9. The smallest absolute Gasteiger partial charge is 0.196 e. The molecule has 0 atom stereocenters. The van der Waals surface area contributed by atoms with Gasteiger partial charge in [-0.3, -0.25) is 4.79 Å². The molecule has 0 aliphatic rings. The predicted molar refractivity (Wildman–Crippen MR) is 90.6 cm³/mol. The molecule has 0 bridgehead atoms. The summed E-state index contributed by atoms with van der Waals surface area (Å²) in [6.45, 7) is 1.92. The third kappa shape index (κ3) is 2.25. The molecule has 100 valence electrons. The Hall–Kier alpha value is -1.33. The van der Waals surface area contributed by atoms with Crippen molar-refractivity contribution < 1.29 is 4.79 Å². The first-order valence-corrected chi connectivity index (χ1v) is 7.60. The second kappa shape index (κ2) is 5.22.